The molecular formula is C20H21N3O2S. The predicted octanol–water partition coefficient (Wildman–Crippen LogP) is 3.57. The van der Waals surface area contributed by atoms with Gasteiger partial charge in [0.1, 0.15) is 0 Å². The summed E-state index contributed by atoms with van der Waals surface area (Å²) in [6, 6.07) is 13.2. The van der Waals surface area contributed by atoms with E-state index in [1.54, 1.807) is 23.2 Å². The number of amides is 2. The standard InChI is InChI=1S/C20H21N3O2S/c1-13-5-7-15(8-6-13)23-18(24)12-16(19(23)17-4-3-11-26-17)20(25)22-14(2)9-10-21/h3-8,11,14,16,19H,9,12H2,1-2H3,(H,22,25). The van der Waals surface area contributed by atoms with Crippen LogP contribution in [-0.4, -0.2) is 17.9 Å². The molecule has 3 atom stereocenters. The maximum Gasteiger partial charge on any atom is 0.228 e. The van der Waals surface area contributed by atoms with Crippen LogP contribution in [0.25, 0.3) is 0 Å². The lowest BCUT2D eigenvalue weighted by atomic mass is 9.97. The first-order valence-corrected chi connectivity index (χ1v) is 9.48. The van der Waals surface area contributed by atoms with Crippen molar-refractivity contribution in [2.75, 3.05) is 4.90 Å². The molecule has 5 nitrogen and oxygen atoms in total. The van der Waals surface area contributed by atoms with Crippen molar-refractivity contribution < 1.29 is 9.59 Å². The number of nitrogens with one attached hydrogen (secondary N) is 1. The van der Waals surface area contributed by atoms with Crippen molar-refractivity contribution in [3.05, 3.63) is 52.2 Å². The summed E-state index contributed by atoms with van der Waals surface area (Å²) in [5.74, 6) is -0.696. The van der Waals surface area contributed by atoms with Gasteiger partial charge in [-0.05, 0) is 37.4 Å². The smallest absolute Gasteiger partial charge is 0.228 e. The molecule has 1 aromatic carbocycles. The van der Waals surface area contributed by atoms with E-state index in [9.17, 15) is 9.59 Å². The van der Waals surface area contributed by atoms with Gasteiger partial charge in [-0.1, -0.05) is 23.8 Å². The van der Waals surface area contributed by atoms with Gasteiger partial charge in [-0.3, -0.25) is 9.59 Å². The van der Waals surface area contributed by atoms with Gasteiger partial charge in [0.05, 0.1) is 24.4 Å². The van der Waals surface area contributed by atoms with Gasteiger partial charge < -0.3 is 10.2 Å². The molecule has 0 saturated carbocycles. The highest BCUT2D eigenvalue weighted by molar-refractivity contribution is 7.10. The fourth-order valence-corrected chi connectivity index (χ4v) is 4.18. The number of rotatable bonds is 5. The molecule has 1 aliphatic heterocycles. The number of nitrogens with zero attached hydrogens (tertiary/aromatic N) is 2. The minimum atomic E-state index is -0.469. The Kier molecular flexibility index (Phi) is 5.38. The van der Waals surface area contributed by atoms with E-state index >= 15 is 0 Å². The van der Waals surface area contributed by atoms with Crippen molar-refractivity contribution >= 4 is 28.8 Å². The van der Waals surface area contributed by atoms with Crippen molar-refractivity contribution in [3.8, 4) is 6.07 Å². The Morgan fingerprint density at radius 2 is 2.12 bits per heavy atom. The van der Waals surface area contributed by atoms with E-state index < -0.39 is 5.92 Å². The van der Waals surface area contributed by atoms with Crippen LogP contribution < -0.4 is 10.2 Å². The predicted molar refractivity (Wildman–Crippen MR) is 102 cm³/mol. The summed E-state index contributed by atoms with van der Waals surface area (Å²) in [6.07, 6.45) is 0.416. The summed E-state index contributed by atoms with van der Waals surface area (Å²) >= 11 is 1.55. The van der Waals surface area contributed by atoms with Gasteiger partial charge in [-0.2, -0.15) is 5.26 Å². The second-order valence-electron chi connectivity index (χ2n) is 6.64. The molecule has 1 aromatic heterocycles. The van der Waals surface area contributed by atoms with Gasteiger partial charge in [0.2, 0.25) is 11.8 Å². The molecule has 2 amide bonds. The van der Waals surface area contributed by atoms with E-state index in [0.29, 0.717) is 0 Å². The van der Waals surface area contributed by atoms with Crippen molar-refractivity contribution in [2.45, 2.75) is 38.8 Å². The highest BCUT2D eigenvalue weighted by Crippen LogP contribution is 2.43. The summed E-state index contributed by atoms with van der Waals surface area (Å²) in [5, 5.41) is 13.6. The van der Waals surface area contributed by atoms with Crippen molar-refractivity contribution in [3.63, 3.8) is 0 Å². The first-order chi connectivity index (χ1) is 12.5. The van der Waals surface area contributed by atoms with Gasteiger partial charge in [-0.15, -0.1) is 11.3 Å². The largest absolute Gasteiger partial charge is 0.352 e. The molecule has 134 valence electrons. The third-order valence-corrected chi connectivity index (χ3v) is 5.54. The van der Waals surface area contributed by atoms with Gasteiger partial charge in [0.15, 0.2) is 0 Å². The lowest BCUT2D eigenvalue weighted by Gasteiger charge is -2.27. The third-order valence-electron chi connectivity index (χ3n) is 4.59. The Labute approximate surface area is 157 Å². The minimum absolute atomic E-state index is 0.0552. The Bertz CT molecular complexity index is 824. The number of hydrogen-bond acceptors (Lipinski definition) is 4. The molecule has 2 aromatic rings. The molecular weight excluding hydrogens is 346 g/mol. The zero-order valence-electron chi connectivity index (χ0n) is 14.8. The van der Waals surface area contributed by atoms with Crippen molar-refractivity contribution in [1.82, 2.24) is 5.32 Å². The summed E-state index contributed by atoms with van der Waals surface area (Å²) < 4.78 is 0. The van der Waals surface area contributed by atoms with Crippen molar-refractivity contribution in [1.29, 1.82) is 5.26 Å². The number of anilines is 1. The van der Waals surface area contributed by atoms with Crippen LogP contribution in [0.2, 0.25) is 0 Å². The normalized spacial score (nSPS) is 20.7. The molecule has 1 N–H and O–H groups in total. The molecule has 2 heterocycles. The fourth-order valence-electron chi connectivity index (χ4n) is 3.30. The van der Waals surface area contributed by atoms with Crippen LogP contribution >= 0.6 is 11.3 Å². The van der Waals surface area contributed by atoms with Crippen LogP contribution in [0.15, 0.2) is 41.8 Å². The SMILES string of the molecule is Cc1ccc(N2C(=O)CC(C(=O)NC(C)CC#N)C2c2cccs2)cc1. The second kappa shape index (κ2) is 7.71. The monoisotopic (exact) mass is 367 g/mol. The zero-order valence-corrected chi connectivity index (χ0v) is 15.6. The van der Waals surface area contributed by atoms with Gasteiger partial charge in [0, 0.05) is 23.0 Å². The van der Waals surface area contributed by atoms with Crippen molar-refractivity contribution in [2.24, 2.45) is 5.92 Å². The van der Waals surface area contributed by atoms with Crippen LogP contribution in [0, 0.1) is 24.2 Å². The zero-order chi connectivity index (χ0) is 18.7. The average molecular weight is 367 g/mol. The highest BCUT2D eigenvalue weighted by Gasteiger charge is 2.45. The average Bonchev–Trinajstić information content (AvgIpc) is 3.23. The molecule has 0 bridgehead atoms. The summed E-state index contributed by atoms with van der Waals surface area (Å²) in [6.45, 7) is 3.80. The van der Waals surface area contributed by atoms with Crippen LogP contribution in [-0.2, 0) is 9.59 Å². The first kappa shape index (κ1) is 18.2. The van der Waals surface area contributed by atoms with Crippen LogP contribution in [0.1, 0.15) is 36.2 Å². The summed E-state index contributed by atoms with van der Waals surface area (Å²) in [5.41, 5.74) is 1.92. The molecule has 0 aliphatic carbocycles. The van der Waals surface area contributed by atoms with E-state index in [1.807, 2.05) is 48.7 Å². The minimum Gasteiger partial charge on any atom is -0.352 e. The van der Waals surface area contributed by atoms with Gasteiger partial charge in [-0.25, -0.2) is 0 Å². The lowest BCUT2D eigenvalue weighted by Crippen LogP contribution is -2.39. The quantitative estimate of drug-likeness (QED) is 0.878. The van der Waals surface area contributed by atoms with E-state index in [-0.39, 0.29) is 36.7 Å². The molecule has 1 saturated heterocycles. The Morgan fingerprint density at radius 1 is 1.38 bits per heavy atom. The topological polar surface area (TPSA) is 73.2 Å². The van der Waals surface area contributed by atoms with E-state index in [2.05, 4.69) is 11.4 Å². The molecule has 1 aliphatic rings. The Balaban J connectivity index is 1.93. The molecule has 26 heavy (non-hydrogen) atoms. The maximum atomic E-state index is 12.8. The number of hydrogen-bond donors (Lipinski definition) is 1. The second-order valence-corrected chi connectivity index (χ2v) is 7.62. The molecule has 0 radical (unpaired) electrons. The number of nitriles is 1. The van der Waals surface area contributed by atoms with Crippen LogP contribution in [0.4, 0.5) is 5.69 Å². The Morgan fingerprint density at radius 3 is 2.73 bits per heavy atom. The molecule has 0 spiro atoms. The van der Waals surface area contributed by atoms with Crippen LogP contribution in [0.5, 0.6) is 0 Å². The van der Waals surface area contributed by atoms with E-state index in [0.717, 1.165) is 16.1 Å². The number of carbonyl (C=O) groups excluding carboxylic acids is 2. The lowest BCUT2D eigenvalue weighted by molar-refractivity contribution is -0.127. The van der Waals surface area contributed by atoms with Gasteiger partial charge in [0.25, 0.3) is 0 Å². The number of carbonyl (C=O) groups is 2. The van der Waals surface area contributed by atoms with E-state index in [4.69, 9.17) is 5.26 Å². The fraction of sp³-hybridized carbons (Fsp3) is 0.350. The maximum absolute atomic E-state index is 12.8. The molecule has 3 unspecified atom stereocenters. The molecule has 3 rings (SSSR count). The number of thiophene rings is 1. The molecule has 6 heteroatoms. The summed E-state index contributed by atoms with van der Waals surface area (Å²) in [4.78, 5) is 28.3. The van der Waals surface area contributed by atoms with E-state index in [1.165, 1.54) is 0 Å². The first-order valence-electron chi connectivity index (χ1n) is 8.60. The van der Waals surface area contributed by atoms with Gasteiger partial charge >= 0.3 is 0 Å². The third kappa shape index (κ3) is 3.63. The Hall–Kier alpha value is -2.65. The van der Waals surface area contributed by atoms with Crippen LogP contribution in [0.3, 0.4) is 0 Å². The summed E-state index contributed by atoms with van der Waals surface area (Å²) in [7, 11) is 0. The number of aryl methyl sites for hydroxylation is 1. The molecule has 1 fully saturated rings. The number of benzene rings is 1. The highest BCUT2D eigenvalue weighted by atomic mass is 32.1.